The molecule has 2 heterocycles. The lowest BCUT2D eigenvalue weighted by Gasteiger charge is -2.13. The normalized spacial score (nSPS) is 16.5. The second kappa shape index (κ2) is 2.64. The lowest BCUT2D eigenvalue weighted by molar-refractivity contribution is 0.505. The Labute approximate surface area is 65.4 Å². The van der Waals surface area contributed by atoms with Gasteiger partial charge < -0.3 is 15.6 Å². The second-order valence-corrected chi connectivity index (χ2v) is 2.72. The summed E-state index contributed by atoms with van der Waals surface area (Å²) in [5.74, 6) is 1.11. The van der Waals surface area contributed by atoms with Crippen LogP contribution in [0.15, 0.2) is 6.20 Å². The summed E-state index contributed by atoms with van der Waals surface area (Å²) in [4.78, 5) is 4.34. The lowest BCUT2D eigenvalue weighted by atomic mass is 10.4. The molecule has 11 heavy (non-hydrogen) atoms. The molecule has 3 N–H and O–H groups in total. The maximum atomic E-state index is 5.47. The third-order valence-corrected chi connectivity index (χ3v) is 1.93. The molecule has 0 aliphatic carbocycles. The molecule has 0 radical (unpaired) electrons. The highest BCUT2D eigenvalue weighted by Gasteiger charge is 2.09. The van der Waals surface area contributed by atoms with Crippen LogP contribution in [0, 0.1) is 0 Å². The highest BCUT2D eigenvalue weighted by molar-refractivity contribution is 5.05. The van der Waals surface area contributed by atoms with Crippen LogP contribution in [0.5, 0.6) is 0 Å². The molecule has 0 spiro atoms. The topological polar surface area (TPSA) is 55.9 Å². The molecule has 2 rings (SSSR count). The number of nitrogens with one attached hydrogen (secondary N) is 1. The zero-order valence-corrected chi connectivity index (χ0v) is 6.38. The summed E-state index contributed by atoms with van der Waals surface area (Å²) in [6.45, 7) is 3.47. The Kier molecular flexibility index (Phi) is 1.63. The van der Waals surface area contributed by atoms with E-state index in [2.05, 4.69) is 14.9 Å². The highest BCUT2D eigenvalue weighted by Crippen LogP contribution is 2.05. The maximum absolute atomic E-state index is 5.47. The van der Waals surface area contributed by atoms with E-state index in [0.29, 0.717) is 6.54 Å². The Hall–Kier alpha value is -0.870. The van der Waals surface area contributed by atoms with Gasteiger partial charge in [0.2, 0.25) is 0 Å². The zero-order valence-electron chi connectivity index (χ0n) is 6.38. The number of rotatable bonds is 1. The standard InChI is InChI=1S/C7H12N4/c8-3-6-5-11-2-1-9-4-7(11)10-6/h5,9H,1-4,8H2. The van der Waals surface area contributed by atoms with Crippen molar-refractivity contribution >= 4 is 0 Å². The van der Waals surface area contributed by atoms with Crippen LogP contribution in [0.1, 0.15) is 11.5 Å². The Morgan fingerprint density at radius 2 is 2.64 bits per heavy atom. The third-order valence-electron chi connectivity index (χ3n) is 1.93. The molecular weight excluding hydrogens is 140 g/mol. The van der Waals surface area contributed by atoms with Crippen molar-refractivity contribution in [3.63, 3.8) is 0 Å². The Morgan fingerprint density at radius 3 is 3.36 bits per heavy atom. The molecule has 0 atom stereocenters. The van der Waals surface area contributed by atoms with Crippen LogP contribution in [0.3, 0.4) is 0 Å². The van der Waals surface area contributed by atoms with Crippen LogP contribution in [0.25, 0.3) is 0 Å². The fourth-order valence-corrected chi connectivity index (χ4v) is 1.35. The van der Waals surface area contributed by atoms with Crippen molar-refractivity contribution in [3.8, 4) is 0 Å². The molecule has 0 unspecified atom stereocenters. The average molecular weight is 152 g/mol. The molecule has 1 aliphatic rings. The predicted molar refractivity (Wildman–Crippen MR) is 41.8 cm³/mol. The van der Waals surface area contributed by atoms with Crippen molar-refractivity contribution in [2.24, 2.45) is 5.73 Å². The van der Waals surface area contributed by atoms with Gasteiger partial charge in [-0.2, -0.15) is 0 Å². The molecule has 4 nitrogen and oxygen atoms in total. The van der Waals surface area contributed by atoms with Crippen molar-refractivity contribution in [2.45, 2.75) is 19.6 Å². The molecule has 0 saturated heterocycles. The van der Waals surface area contributed by atoms with Crippen molar-refractivity contribution in [1.29, 1.82) is 0 Å². The first-order chi connectivity index (χ1) is 5.40. The summed E-state index contributed by atoms with van der Waals surface area (Å²) in [6.07, 6.45) is 2.04. The summed E-state index contributed by atoms with van der Waals surface area (Å²) in [6, 6.07) is 0. The zero-order chi connectivity index (χ0) is 7.68. The molecule has 1 aliphatic heterocycles. The first-order valence-electron chi connectivity index (χ1n) is 3.86. The maximum Gasteiger partial charge on any atom is 0.123 e. The van der Waals surface area contributed by atoms with Crippen molar-refractivity contribution < 1.29 is 0 Å². The minimum Gasteiger partial charge on any atom is -0.332 e. The van der Waals surface area contributed by atoms with E-state index in [1.54, 1.807) is 0 Å². The smallest absolute Gasteiger partial charge is 0.123 e. The summed E-state index contributed by atoms with van der Waals surface area (Å²) < 4.78 is 2.17. The number of hydrogen-bond donors (Lipinski definition) is 2. The molecule has 0 amide bonds. The van der Waals surface area contributed by atoms with Gasteiger partial charge in [0, 0.05) is 25.8 Å². The minimum atomic E-state index is 0.542. The van der Waals surface area contributed by atoms with Crippen molar-refractivity contribution in [3.05, 3.63) is 17.7 Å². The average Bonchev–Trinajstić information content (AvgIpc) is 2.46. The fraction of sp³-hybridized carbons (Fsp3) is 0.571. The molecule has 0 saturated carbocycles. The highest BCUT2D eigenvalue weighted by atomic mass is 15.1. The van der Waals surface area contributed by atoms with E-state index in [1.807, 2.05) is 6.20 Å². The van der Waals surface area contributed by atoms with Gasteiger partial charge >= 0.3 is 0 Å². The van der Waals surface area contributed by atoms with E-state index in [9.17, 15) is 0 Å². The lowest BCUT2D eigenvalue weighted by Crippen LogP contribution is -2.27. The van der Waals surface area contributed by atoms with Crippen LogP contribution >= 0.6 is 0 Å². The summed E-state index contributed by atoms with van der Waals surface area (Å²) >= 11 is 0. The molecule has 0 bridgehead atoms. The van der Waals surface area contributed by atoms with Gasteiger partial charge in [-0.1, -0.05) is 0 Å². The summed E-state index contributed by atoms with van der Waals surface area (Å²) in [5, 5.41) is 3.25. The number of fused-ring (bicyclic) bond motifs is 1. The summed E-state index contributed by atoms with van der Waals surface area (Å²) in [7, 11) is 0. The molecule has 60 valence electrons. The minimum absolute atomic E-state index is 0.542. The van der Waals surface area contributed by atoms with E-state index in [0.717, 1.165) is 31.2 Å². The number of hydrogen-bond acceptors (Lipinski definition) is 3. The van der Waals surface area contributed by atoms with E-state index in [4.69, 9.17) is 5.73 Å². The van der Waals surface area contributed by atoms with Crippen molar-refractivity contribution in [2.75, 3.05) is 6.54 Å². The molecule has 1 aromatic heterocycles. The van der Waals surface area contributed by atoms with Crippen LogP contribution in [-0.2, 0) is 19.6 Å². The molecule has 1 aromatic rings. The Balaban J connectivity index is 2.32. The first-order valence-corrected chi connectivity index (χ1v) is 3.86. The van der Waals surface area contributed by atoms with Gasteiger partial charge in [-0.25, -0.2) is 4.98 Å². The van der Waals surface area contributed by atoms with Crippen LogP contribution in [0.4, 0.5) is 0 Å². The van der Waals surface area contributed by atoms with E-state index < -0.39 is 0 Å². The van der Waals surface area contributed by atoms with E-state index in [1.165, 1.54) is 0 Å². The number of nitrogens with two attached hydrogens (primary N) is 1. The first kappa shape index (κ1) is 6.82. The molecule has 0 aromatic carbocycles. The van der Waals surface area contributed by atoms with Gasteiger partial charge in [0.25, 0.3) is 0 Å². The van der Waals surface area contributed by atoms with Gasteiger partial charge in [-0.3, -0.25) is 0 Å². The van der Waals surface area contributed by atoms with E-state index >= 15 is 0 Å². The van der Waals surface area contributed by atoms with Crippen LogP contribution in [-0.4, -0.2) is 16.1 Å². The monoisotopic (exact) mass is 152 g/mol. The van der Waals surface area contributed by atoms with Gasteiger partial charge in [-0.15, -0.1) is 0 Å². The van der Waals surface area contributed by atoms with Gasteiger partial charge in [-0.05, 0) is 0 Å². The van der Waals surface area contributed by atoms with Crippen molar-refractivity contribution in [1.82, 2.24) is 14.9 Å². The number of nitrogens with zero attached hydrogens (tertiary/aromatic N) is 2. The second-order valence-electron chi connectivity index (χ2n) is 2.72. The number of aromatic nitrogens is 2. The SMILES string of the molecule is NCc1cn2c(n1)CNCC2. The van der Waals surface area contributed by atoms with Gasteiger partial charge in [0.1, 0.15) is 5.82 Å². The van der Waals surface area contributed by atoms with Crippen LogP contribution in [0.2, 0.25) is 0 Å². The van der Waals surface area contributed by atoms with Crippen LogP contribution < -0.4 is 11.1 Å². The quantitative estimate of drug-likeness (QED) is 0.567. The fourth-order valence-electron chi connectivity index (χ4n) is 1.35. The predicted octanol–water partition coefficient (Wildman–Crippen LogP) is -0.555. The Morgan fingerprint density at radius 1 is 1.73 bits per heavy atom. The van der Waals surface area contributed by atoms with E-state index in [-0.39, 0.29) is 0 Å². The molecule has 4 heteroatoms. The van der Waals surface area contributed by atoms with Gasteiger partial charge in [0.05, 0.1) is 12.2 Å². The van der Waals surface area contributed by atoms with Gasteiger partial charge in [0.15, 0.2) is 0 Å². The molecular formula is C7H12N4. The molecule has 0 fully saturated rings. The summed E-state index contributed by atoms with van der Waals surface area (Å²) in [5.41, 5.74) is 6.46. The number of imidazole rings is 1. The largest absolute Gasteiger partial charge is 0.332 e. The third kappa shape index (κ3) is 1.15. The Bertz CT molecular complexity index is 229.